The lowest BCUT2D eigenvalue weighted by molar-refractivity contribution is -0.137. The molecule has 0 radical (unpaired) electrons. The number of carbonyl (C=O) groups is 1. The van der Waals surface area contributed by atoms with E-state index in [-0.39, 0.29) is 30.1 Å². The van der Waals surface area contributed by atoms with Gasteiger partial charge in [0.15, 0.2) is 0 Å². The predicted octanol–water partition coefficient (Wildman–Crippen LogP) is 3.04. The van der Waals surface area contributed by atoms with Crippen LogP contribution < -0.4 is 5.32 Å². The highest BCUT2D eigenvalue weighted by Crippen LogP contribution is 2.31. The monoisotopic (exact) mass is 354 g/mol. The SMILES string of the molecule is CN(C(=O)CSc1cccc(C(F)(F)F)c1)C1CCNC1.Cl. The molecule has 1 heterocycles. The van der Waals surface area contributed by atoms with Gasteiger partial charge in [-0.1, -0.05) is 6.07 Å². The molecule has 1 amide bonds. The summed E-state index contributed by atoms with van der Waals surface area (Å²) in [7, 11) is 1.74. The molecule has 1 aliphatic heterocycles. The van der Waals surface area contributed by atoms with Gasteiger partial charge in [-0.15, -0.1) is 24.2 Å². The molecule has 1 fully saturated rings. The fourth-order valence-corrected chi connectivity index (χ4v) is 3.06. The molecule has 1 aromatic carbocycles. The van der Waals surface area contributed by atoms with Crippen molar-refractivity contribution in [2.75, 3.05) is 25.9 Å². The molecule has 0 saturated carbocycles. The lowest BCUT2D eigenvalue weighted by Gasteiger charge is -2.23. The zero-order valence-electron chi connectivity index (χ0n) is 12.0. The maximum Gasteiger partial charge on any atom is 0.416 e. The van der Waals surface area contributed by atoms with Crippen LogP contribution in [-0.2, 0) is 11.0 Å². The number of benzene rings is 1. The second-order valence-electron chi connectivity index (χ2n) is 4.97. The molecular weight excluding hydrogens is 337 g/mol. The molecule has 3 nitrogen and oxygen atoms in total. The third-order valence-corrected chi connectivity index (χ3v) is 4.48. The number of hydrogen-bond acceptors (Lipinski definition) is 3. The summed E-state index contributed by atoms with van der Waals surface area (Å²) in [4.78, 5) is 14.2. The molecule has 1 atom stereocenters. The topological polar surface area (TPSA) is 32.3 Å². The summed E-state index contributed by atoms with van der Waals surface area (Å²) in [6, 6.07) is 5.24. The van der Waals surface area contributed by atoms with Gasteiger partial charge in [-0.3, -0.25) is 4.79 Å². The number of alkyl halides is 3. The molecule has 22 heavy (non-hydrogen) atoms. The highest BCUT2D eigenvalue weighted by Gasteiger charge is 2.30. The van der Waals surface area contributed by atoms with Gasteiger partial charge in [0.1, 0.15) is 0 Å². The van der Waals surface area contributed by atoms with Crippen molar-refractivity contribution in [3.63, 3.8) is 0 Å². The van der Waals surface area contributed by atoms with Gasteiger partial charge in [-0.05, 0) is 31.2 Å². The second-order valence-corrected chi connectivity index (χ2v) is 6.01. The first-order valence-corrected chi connectivity index (χ1v) is 7.63. The molecule has 1 unspecified atom stereocenters. The quantitative estimate of drug-likeness (QED) is 0.843. The van der Waals surface area contributed by atoms with Crippen LogP contribution in [0.15, 0.2) is 29.2 Å². The fourth-order valence-electron chi connectivity index (χ4n) is 2.18. The Kier molecular flexibility index (Phi) is 7.02. The molecule has 2 rings (SSSR count). The number of nitrogens with one attached hydrogen (secondary N) is 1. The van der Waals surface area contributed by atoms with E-state index in [1.54, 1.807) is 18.0 Å². The van der Waals surface area contributed by atoms with Gasteiger partial charge in [0.05, 0.1) is 11.3 Å². The molecule has 0 spiro atoms. The van der Waals surface area contributed by atoms with Crippen LogP contribution >= 0.6 is 24.2 Å². The first-order valence-electron chi connectivity index (χ1n) is 6.64. The van der Waals surface area contributed by atoms with E-state index in [9.17, 15) is 18.0 Å². The molecular formula is C14H18ClF3N2OS. The first kappa shape index (κ1) is 19.1. The van der Waals surface area contributed by atoms with Crippen molar-refractivity contribution in [3.8, 4) is 0 Å². The van der Waals surface area contributed by atoms with E-state index >= 15 is 0 Å². The third kappa shape index (κ3) is 5.07. The molecule has 0 aromatic heterocycles. The smallest absolute Gasteiger partial charge is 0.341 e. The van der Waals surface area contributed by atoms with Crippen LogP contribution in [0.1, 0.15) is 12.0 Å². The molecule has 124 valence electrons. The van der Waals surface area contributed by atoms with E-state index < -0.39 is 11.7 Å². The maximum absolute atomic E-state index is 12.6. The van der Waals surface area contributed by atoms with E-state index in [2.05, 4.69) is 5.32 Å². The van der Waals surface area contributed by atoms with Gasteiger partial charge in [-0.25, -0.2) is 0 Å². The number of thioether (sulfide) groups is 1. The van der Waals surface area contributed by atoms with Gasteiger partial charge in [0.2, 0.25) is 5.91 Å². The van der Waals surface area contributed by atoms with Crippen LogP contribution in [-0.4, -0.2) is 42.7 Å². The number of nitrogens with zero attached hydrogens (tertiary/aromatic N) is 1. The number of hydrogen-bond donors (Lipinski definition) is 1. The van der Waals surface area contributed by atoms with Crippen molar-refractivity contribution in [2.24, 2.45) is 0 Å². The summed E-state index contributed by atoms with van der Waals surface area (Å²) >= 11 is 1.13. The van der Waals surface area contributed by atoms with Crippen LogP contribution in [0.25, 0.3) is 0 Å². The van der Waals surface area contributed by atoms with Crippen molar-refractivity contribution in [1.29, 1.82) is 0 Å². The average Bonchev–Trinajstić information content (AvgIpc) is 2.97. The summed E-state index contributed by atoms with van der Waals surface area (Å²) in [5.41, 5.74) is -0.687. The average molecular weight is 355 g/mol. The van der Waals surface area contributed by atoms with Crippen molar-refractivity contribution in [3.05, 3.63) is 29.8 Å². The first-order chi connectivity index (χ1) is 9.88. The van der Waals surface area contributed by atoms with Gasteiger partial charge in [-0.2, -0.15) is 13.2 Å². The normalized spacial score (nSPS) is 17.9. The third-order valence-electron chi connectivity index (χ3n) is 3.50. The van der Waals surface area contributed by atoms with Gasteiger partial charge in [0.25, 0.3) is 0 Å². The molecule has 0 bridgehead atoms. The minimum atomic E-state index is -4.35. The van der Waals surface area contributed by atoms with E-state index in [1.807, 2.05) is 0 Å². The van der Waals surface area contributed by atoms with Crippen molar-refractivity contribution in [1.82, 2.24) is 10.2 Å². The summed E-state index contributed by atoms with van der Waals surface area (Å²) in [5, 5.41) is 3.18. The highest BCUT2D eigenvalue weighted by molar-refractivity contribution is 8.00. The van der Waals surface area contributed by atoms with E-state index in [1.165, 1.54) is 6.07 Å². The Balaban J connectivity index is 0.00000242. The van der Waals surface area contributed by atoms with Crippen molar-refractivity contribution >= 4 is 30.1 Å². The van der Waals surface area contributed by atoms with Crippen LogP contribution in [0.3, 0.4) is 0 Å². The minimum Gasteiger partial charge on any atom is -0.341 e. The van der Waals surface area contributed by atoms with Gasteiger partial charge >= 0.3 is 6.18 Å². The van der Waals surface area contributed by atoms with Crippen molar-refractivity contribution < 1.29 is 18.0 Å². The molecule has 1 saturated heterocycles. The Hall–Kier alpha value is -0.920. The molecule has 1 aromatic rings. The number of rotatable bonds is 4. The number of likely N-dealkylation sites (N-methyl/N-ethyl adjacent to an activating group) is 1. The van der Waals surface area contributed by atoms with Crippen LogP contribution in [0.5, 0.6) is 0 Å². The number of carbonyl (C=O) groups excluding carboxylic acids is 1. The molecule has 0 aliphatic carbocycles. The van der Waals surface area contributed by atoms with E-state index in [4.69, 9.17) is 0 Å². The Morgan fingerprint density at radius 1 is 1.45 bits per heavy atom. The molecule has 1 N–H and O–H groups in total. The van der Waals surface area contributed by atoms with Crippen molar-refractivity contribution in [2.45, 2.75) is 23.5 Å². The summed E-state index contributed by atoms with van der Waals surface area (Å²) < 4.78 is 37.8. The highest BCUT2D eigenvalue weighted by atomic mass is 35.5. The second kappa shape index (κ2) is 8.08. The minimum absolute atomic E-state index is 0. The Morgan fingerprint density at radius 2 is 2.18 bits per heavy atom. The predicted molar refractivity (Wildman–Crippen MR) is 83.5 cm³/mol. The van der Waals surface area contributed by atoms with Gasteiger partial charge in [0, 0.05) is 24.5 Å². The molecule has 8 heteroatoms. The van der Waals surface area contributed by atoms with E-state index in [0.717, 1.165) is 43.4 Å². The summed E-state index contributed by atoms with van der Waals surface area (Å²) in [6.07, 6.45) is -3.44. The van der Waals surface area contributed by atoms with Gasteiger partial charge < -0.3 is 10.2 Å². The largest absolute Gasteiger partial charge is 0.416 e. The maximum atomic E-state index is 12.6. The van der Waals surface area contributed by atoms with E-state index in [0.29, 0.717) is 4.90 Å². The summed E-state index contributed by atoms with van der Waals surface area (Å²) in [6.45, 7) is 1.67. The Labute approximate surface area is 138 Å². The zero-order chi connectivity index (χ0) is 15.5. The number of halogens is 4. The Morgan fingerprint density at radius 3 is 2.77 bits per heavy atom. The number of amides is 1. The van der Waals surface area contributed by atoms with Crippen LogP contribution in [0, 0.1) is 0 Å². The zero-order valence-corrected chi connectivity index (χ0v) is 13.7. The van der Waals surface area contributed by atoms with Crippen LogP contribution in [0.2, 0.25) is 0 Å². The lowest BCUT2D eigenvalue weighted by atomic mass is 10.2. The standard InChI is InChI=1S/C14H17F3N2OS.ClH/c1-19(11-5-6-18-8-11)13(20)9-21-12-4-2-3-10(7-12)14(15,16)17;/h2-4,7,11,18H,5-6,8-9H2,1H3;1H. The summed E-state index contributed by atoms with van der Waals surface area (Å²) in [5.74, 6) is 0.0833. The fraction of sp³-hybridized carbons (Fsp3) is 0.500. The molecule has 1 aliphatic rings. The lowest BCUT2D eigenvalue weighted by Crippen LogP contribution is -2.39. The Bertz CT molecular complexity index is 507. The van der Waals surface area contributed by atoms with Crippen LogP contribution in [0.4, 0.5) is 13.2 Å².